The van der Waals surface area contributed by atoms with Crippen molar-refractivity contribution >= 4 is 11.1 Å². The van der Waals surface area contributed by atoms with Crippen molar-refractivity contribution in [1.29, 1.82) is 0 Å². The fraction of sp³-hybridized carbons (Fsp3) is 0.143. The van der Waals surface area contributed by atoms with Crippen molar-refractivity contribution in [3.05, 3.63) is 35.9 Å². The Labute approximate surface area is 92.1 Å². The fourth-order valence-corrected chi connectivity index (χ4v) is 1.17. The molecule has 1 rings (SSSR count). The molecule has 0 saturated carbocycles. The Balaban J connectivity index is 0. The molecule has 0 aromatic heterocycles. The second-order valence-electron chi connectivity index (χ2n) is 1.93. The Hall–Kier alpha value is 0.330. The molecule has 0 fully saturated rings. The molecule has 0 heterocycles. The summed E-state index contributed by atoms with van der Waals surface area (Å²) < 4.78 is 20.3. The summed E-state index contributed by atoms with van der Waals surface area (Å²) in [5.41, 5.74) is 0.829. The summed E-state index contributed by atoms with van der Waals surface area (Å²) in [4.78, 5) is 0. The Bertz CT molecular complexity index is 230. The van der Waals surface area contributed by atoms with E-state index in [1.165, 1.54) is 0 Å². The summed E-state index contributed by atoms with van der Waals surface area (Å²) >= 11 is -1.97. The van der Waals surface area contributed by atoms with Gasteiger partial charge in [-0.2, -0.15) is 0 Å². The molecule has 0 saturated heterocycles. The topological polar surface area (TPSA) is 40.1 Å². The van der Waals surface area contributed by atoms with Crippen LogP contribution in [-0.2, 0) is 16.8 Å². The van der Waals surface area contributed by atoms with E-state index in [9.17, 15) is 8.76 Å². The van der Waals surface area contributed by atoms with Gasteiger partial charge < -0.3 is 5.98 Å². The maximum atomic E-state index is 10.2. The summed E-state index contributed by atoms with van der Waals surface area (Å²) in [6.07, 6.45) is 0. The molecule has 0 spiro atoms. The average molecular weight is 179 g/mol. The Morgan fingerprint density at radius 3 is 2.36 bits per heavy atom. The maximum Gasteiger partial charge on any atom is 1.00 e. The molecule has 0 radical (unpaired) electrons. The van der Waals surface area contributed by atoms with Crippen molar-refractivity contribution in [2.75, 3.05) is 0 Å². The molecule has 0 aliphatic heterocycles. The normalized spacial score (nSPS) is 11.7. The summed E-state index contributed by atoms with van der Waals surface area (Å²) in [6.45, 7) is 0. The zero-order valence-corrected chi connectivity index (χ0v) is 9.14. The maximum absolute atomic E-state index is 10.2. The smallest absolute Gasteiger partial charge is 1.00 e. The Morgan fingerprint density at radius 2 is 1.91 bits per heavy atom. The van der Waals surface area contributed by atoms with Gasteiger partial charge in [-0.1, -0.05) is 41.4 Å². The van der Waals surface area contributed by atoms with E-state index in [1.807, 2.05) is 18.2 Å². The molecule has 0 bridgehead atoms. The van der Waals surface area contributed by atoms with Crippen LogP contribution >= 0.6 is 0 Å². The van der Waals surface area contributed by atoms with Crippen LogP contribution in [0, 0.1) is 0 Å². The van der Waals surface area contributed by atoms with Gasteiger partial charge >= 0.3 is 29.6 Å². The molecule has 56 valence electrons. The molecular weight excluding hydrogens is 171 g/mol. The summed E-state index contributed by atoms with van der Waals surface area (Å²) in [7, 11) is 0. The van der Waals surface area contributed by atoms with Crippen LogP contribution in [0.25, 0.3) is 0 Å². The van der Waals surface area contributed by atoms with Gasteiger partial charge in [0, 0.05) is 5.75 Å². The molecule has 4 heteroatoms. The Kier molecular flexibility index (Phi) is 6.09. The predicted octanol–water partition coefficient (Wildman–Crippen LogP) is -1.82. The van der Waals surface area contributed by atoms with Crippen molar-refractivity contribution in [1.82, 2.24) is 0 Å². The molecule has 0 aliphatic rings. The van der Waals surface area contributed by atoms with Crippen LogP contribution in [0.5, 0.6) is 0 Å². The molecule has 1 atom stereocenters. The molecular formula is C7H8NaO2S-. The van der Waals surface area contributed by atoms with Gasteiger partial charge in [0.25, 0.3) is 0 Å². The van der Waals surface area contributed by atoms with Crippen LogP contribution in [0.1, 0.15) is 6.99 Å². The molecule has 11 heavy (non-hydrogen) atoms. The number of hydrogen-bond donors (Lipinski definition) is 0. The molecule has 0 N–H and O–H groups in total. The van der Waals surface area contributed by atoms with Crippen LogP contribution in [0.3, 0.4) is 0 Å². The number of hydrogen-bond acceptors (Lipinski definition) is 2. The van der Waals surface area contributed by atoms with Crippen LogP contribution < -0.4 is 29.6 Å². The van der Waals surface area contributed by atoms with Gasteiger partial charge in [0.2, 0.25) is 0 Å². The third kappa shape index (κ3) is 4.71. The largest absolute Gasteiger partial charge is 1.00 e. The zero-order chi connectivity index (χ0) is 7.40. The Morgan fingerprint density at radius 1 is 1.36 bits per heavy atom. The van der Waals surface area contributed by atoms with Crippen LogP contribution in [-0.4, -0.2) is 8.76 Å². The van der Waals surface area contributed by atoms with Crippen molar-refractivity contribution in [3.8, 4) is 0 Å². The summed E-state index contributed by atoms with van der Waals surface area (Å²) in [5.74, 6) is 0.112. The van der Waals surface area contributed by atoms with E-state index >= 15 is 0 Å². The molecule has 1 aromatic carbocycles. The van der Waals surface area contributed by atoms with Crippen LogP contribution in [0.4, 0.5) is 0 Å². The average Bonchev–Trinajstić information content (AvgIpc) is 1.88. The van der Waals surface area contributed by atoms with E-state index in [4.69, 9.17) is 0 Å². The quantitative estimate of drug-likeness (QED) is 0.396. The van der Waals surface area contributed by atoms with E-state index in [-0.39, 0.29) is 36.7 Å². The van der Waals surface area contributed by atoms with Crippen molar-refractivity contribution in [2.45, 2.75) is 5.75 Å². The standard InChI is InChI=1S/C7H8O2S.Na.H/c8-10(9)6-7-4-2-1-3-5-7;;/h1-5H,6H2,(H,8,9);;/q;+1;-1/p-1. The minimum Gasteiger partial charge on any atom is -1.00 e. The van der Waals surface area contributed by atoms with E-state index in [1.54, 1.807) is 12.1 Å². The predicted molar refractivity (Wildman–Crippen MR) is 40.2 cm³/mol. The van der Waals surface area contributed by atoms with Crippen molar-refractivity contribution in [3.63, 3.8) is 0 Å². The summed E-state index contributed by atoms with van der Waals surface area (Å²) in [5, 5.41) is 0. The van der Waals surface area contributed by atoms with Gasteiger partial charge in [-0.3, -0.25) is 4.21 Å². The van der Waals surface area contributed by atoms with Gasteiger partial charge in [-0.05, 0) is 5.56 Å². The first-order valence-electron chi connectivity index (χ1n) is 2.89. The zero-order valence-electron chi connectivity index (χ0n) is 7.32. The summed E-state index contributed by atoms with van der Waals surface area (Å²) in [6, 6.07) is 9.08. The fourth-order valence-electron chi connectivity index (χ4n) is 0.710. The van der Waals surface area contributed by atoms with Gasteiger partial charge in [0.1, 0.15) is 0 Å². The first kappa shape index (κ1) is 11.3. The SMILES string of the molecule is O=S([O-])Cc1ccccc1.[H-].[Na+]. The molecule has 1 unspecified atom stereocenters. The van der Waals surface area contributed by atoms with E-state index in [2.05, 4.69) is 0 Å². The monoisotopic (exact) mass is 179 g/mol. The van der Waals surface area contributed by atoms with E-state index in [0.717, 1.165) is 5.56 Å². The number of benzene rings is 1. The third-order valence-corrected chi connectivity index (χ3v) is 1.70. The molecule has 2 nitrogen and oxygen atoms in total. The molecule has 0 aliphatic carbocycles. The van der Waals surface area contributed by atoms with Crippen molar-refractivity contribution < 1.29 is 39.7 Å². The first-order valence-corrected chi connectivity index (χ1v) is 4.13. The first-order chi connectivity index (χ1) is 4.79. The van der Waals surface area contributed by atoms with E-state index < -0.39 is 11.1 Å². The molecule has 0 amide bonds. The molecule has 1 aromatic rings. The van der Waals surface area contributed by atoms with Gasteiger partial charge in [-0.15, -0.1) is 0 Å². The minimum absolute atomic E-state index is 0. The van der Waals surface area contributed by atoms with Crippen LogP contribution in [0.15, 0.2) is 30.3 Å². The van der Waals surface area contributed by atoms with Gasteiger partial charge in [0.05, 0.1) is 0 Å². The van der Waals surface area contributed by atoms with Crippen LogP contribution in [0.2, 0.25) is 0 Å². The van der Waals surface area contributed by atoms with Gasteiger partial charge in [0.15, 0.2) is 0 Å². The van der Waals surface area contributed by atoms with Gasteiger partial charge in [-0.25, -0.2) is 0 Å². The minimum atomic E-state index is -1.97. The van der Waals surface area contributed by atoms with Crippen molar-refractivity contribution in [2.24, 2.45) is 0 Å². The van der Waals surface area contributed by atoms with E-state index in [0.29, 0.717) is 0 Å². The third-order valence-electron chi connectivity index (χ3n) is 1.13. The second-order valence-corrected chi connectivity index (χ2v) is 2.83. The number of rotatable bonds is 2. The second kappa shape index (κ2) is 5.91.